The number of nitrogens with one attached hydrogen (secondary N) is 1. The SMILES string of the molecule is C[C@@H](Nc1cc(N2CCN(C(=O)c3cc(F)c(F)cc3Cl)CC2)ccc1[N+](=O)[O-])C12CC3CC(CC(C3)C1)C2. The third-order valence-corrected chi connectivity index (χ3v) is 10.0. The van der Waals surface area contributed by atoms with Crippen LogP contribution in [-0.4, -0.2) is 48.0 Å². The maximum absolute atomic E-state index is 13.7. The van der Waals surface area contributed by atoms with Gasteiger partial charge in [0.25, 0.3) is 11.6 Å². The summed E-state index contributed by atoms with van der Waals surface area (Å²) in [5, 5.41) is 15.4. The molecule has 2 aromatic rings. The minimum absolute atomic E-state index is 0.0653. The smallest absolute Gasteiger partial charge is 0.292 e. The zero-order chi connectivity index (χ0) is 27.5. The summed E-state index contributed by atoms with van der Waals surface area (Å²) in [6.07, 6.45) is 7.66. The average molecular weight is 559 g/mol. The lowest BCUT2D eigenvalue weighted by Crippen LogP contribution is -2.53. The Labute approximate surface area is 231 Å². The highest BCUT2D eigenvalue weighted by Gasteiger charge is 2.53. The fourth-order valence-corrected chi connectivity index (χ4v) is 8.35. The Morgan fingerprint density at radius 2 is 1.62 bits per heavy atom. The molecular formula is C29H33ClF2N4O3. The van der Waals surface area contributed by atoms with Crippen molar-refractivity contribution in [3.63, 3.8) is 0 Å². The van der Waals surface area contributed by atoms with Crippen LogP contribution in [0.2, 0.25) is 5.02 Å². The van der Waals surface area contributed by atoms with Gasteiger partial charge in [-0.15, -0.1) is 0 Å². The van der Waals surface area contributed by atoms with Crippen LogP contribution in [0.25, 0.3) is 0 Å². The number of anilines is 2. The highest BCUT2D eigenvalue weighted by atomic mass is 35.5. The molecule has 4 saturated carbocycles. The number of benzene rings is 2. The van der Waals surface area contributed by atoms with E-state index in [1.54, 1.807) is 17.0 Å². The number of halogens is 3. The highest BCUT2D eigenvalue weighted by Crippen LogP contribution is 2.61. The number of amides is 1. The van der Waals surface area contributed by atoms with Gasteiger partial charge in [0.1, 0.15) is 5.69 Å². The molecule has 0 aromatic heterocycles. The molecule has 208 valence electrons. The lowest BCUT2D eigenvalue weighted by atomic mass is 9.48. The molecule has 5 fully saturated rings. The molecule has 1 aliphatic heterocycles. The van der Waals surface area contributed by atoms with Crippen molar-refractivity contribution < 1.29 is 18.5 Å². The molecular weight excluding hydrogens is 526 g/mol. The van der Waals surface area contributed by atoms with Crippen molar-refractivity contribution in [2.24, 2.45) is 23.2 Å². The Morgan fingerprint density at radius 1 is 1.03 bits per heavy atom. The van der Waals surface area contributed by atoms with Gasteiger partial charge >= 0.3 is 0 Å². The minimum atomic E-state index is -1.12. The van der Waals surface area contributed by atoms with Crippen molar-refractivity contribution in [3.8, 4) is 0 Å². The van der Waals surface area contributed by atoms with Gasteiger partial charge < -0.3 is 15.1 Å². The molecule has 0 unspecified atom stereocenters. The summed E-state index contributed by atoms with van der Waals surface area (Å²) >= 11 is 6.01. The molecule has 1 amide bonds. The van der Waals surface area contributed by atoms with E-state index in [2.05, 4.69) is 17.1 Å². The molecule has 4 aliphatic carbocycles. The van der Waals surface area contributed by atoms with Gasteiger partial charge in [-0.05, 0) is 92.9 Å². The fourth-order valence-electron chi connectivity index (χ4n) is 8.11. The number of carbonyl (C=O) groups is 1. The van der Waals surface area contributed by atoms with Gasteiger partial charge in [-0.1, -0.05) is 11.6 Å². The Bertz CT molecular complexity index is 1280. The predicted molar refractivity (Wildman–Crippen MR) is 146 cm³/mol. The summed E-state index contributed by atoms with van der Waals surface area (Å²) in [6.45, 7) is 3.90. The van der Waals surface area contributed by atoms with Crippen LogP contribution in [0.5, 0.6) is 0 Å². The van der Waals surface area contributed by atoms with Crippen LogP contribution in [0, 0.1) is 44.9 Å². The van der Waals surface area contributed by atoms with E-state index in [0.717, 1.165) is 35.6 Å². The van der Waals surface area contributed by atoms with Gasteiger partial charge in [0.2, 0.25) is 0 Å². The third kappa shape index (κ3) is 4.83. The van der Waals surface area contributed by atoms with E-state index in [0.29, 0.717) is 31.9 Å². The van der Waals surface area contributed by atoms with E-state index < -0.39 is 17.5 Å². The molecule has 1 atom stereocenters. The summed E-state index contributed by atoms with van der Waals surface area (Å²) in [7, 11) is 0. The summed E-state index contributed by atoms with van der Waals surface area (Å²) in [5.41, 5.74) is 1.58. The van der Waals surface area contributed by atoms with Crippen LogP contribution < -0.4 is 10.2 Å². The van der Waals surface area contributed by atoms with Crippen LogP contribution in [0.1, 0.15) is 55.8 Å². The third-order valence-electron chi connectivity index (χ3n) is 9.73. The van der Waals surface area contributed by atoms with Crippen molar-refractivity contribution in [1.29, 1.82) is 0 Å². The first kappa shape index (κ1) is 26.3. The molecule has 39 heavy (non-hydrogen) atoms. The van der Waals surface area contributed by atoms with Crippen molar-refractivity contribution in [1.82, 2.24) is 4.90 Å². The number of rotatable bonds is 6. The van der Waals surface area contributed by atoms with Gasteiger partial charge in [0.05, 0.1) is 15.5 Å². The largest absolute Gasteiger partial charge is 0.376 e. The first-order chi connectivity index (χ1) is 18.6. The van der Waals surface area contributed by atoms with Gasteiger partial charge in [-0.25, -0.2) is 8.78 Å². The van der Waals surface area contributed by atoms with E-state index in [1.807, 2.05) is 6.07 Å². The number of nitro groups is 1. The normalized spacial score (nSPS) is 28.5. The first-order valence-corrected chi connectivity index (χ1v) is 14.2. The van der Waals surface area contributed by atoms with E-state index >= 15 is 0 Å². The number of carbonyl (C=O) groups excluding carboxylic acids is 1. The maximum Gasteiger partial charge on any atom is 0.292 e. The molecule has 1 N–H and O–H groups in total. The highest BCUT2D eigenvalue weighted by molar-refractivity contribution is 6.33. The number of nitro benzene ring substituents is 1. The second-order valence-corrected chi connectivity index (χ2v) is 12.5. The molecule has 5 aliphatic rings. The molecule has 0 spiro atoms. The lowest BCUT2D eigenvalue weighted by molar-refractivity contribution is -0.384. The summed E-state index contributed by atoms with van der Waals surface area (Å²) in [6, 6.07) is 6.96. The number of nitrogens with zero attached hydrogens (tertiary/aromatic N) is 3. The van der Waals surface area contributed by atoms with Gasteiger partial charge in [-0.3, -0.25) is 14.9 Å². The second kappa shape index (κ2) is 9.91. The Morgan fingerprint density at radius 3 is 2.21 bits per heavy atom. The molecule has 10 heteroatoms. The van der Waals surface area contributed by atoms with Crippen LogP contribution >= 0.6 is 11.6 Å². The van der Waals surface area contributed by atoms with E-state index in [-0.39, 0.29) is 32.7 Å². The Balaban J connectivity index is 1.17. The number of piperazine rings is 1. The standard InChI is InChI=1S/C29H33ClF2N4O3/c1-17(29-14-18-8-19(15-29)10-20(9-18)16-29)33-26-11-21(2-3-27(26)36(38)39)34-4-6-35(7-5-34)28(37)22-12-24(31)25(32)13-23(22)30/h2-3,11-13,17-20,33H,4-10,14-16H2,1H3/t17-,18?,19?,20?,29?/m1/s1. The van der Waals surface area contributed by atoms with Crippen LogP contribution in [-0.2, 0) is 0 Å². The summed E-state index contributed by atoms with van der Waals surface area (Å²) in [5.74, 6) is -0.281. The molecule has 7 nitrogen and oxygen atoms in total. The van der Waals surface area contributed by atoms with Gasteiger partial charge in [0.15, 0.2) is 11.6 Å². The van der Waals surface area contributed by atoms with Crippen LogP contribution in [0.4, 0.5) is 25.8 Å². The average Bonchev–Trinajstić information content (AvgIpc) is 2.89. The number of hydrogen-bond acceptors (Lipinski definition) is 5. The van der Waals surface area contributed by atoms with E-state index in [9.17, 15) is 23.7 Å². The Kier molecular flexibility index (Phi) is 6.68. The van der Waals surface area contributed by atoms with Crippen molar-refractivity contribution >= 4 is 34.6 Å². The summed E-state index contributed by atoms with van der Waals surface area (Å²) < 4.78 is 27.2. The maximum atomic E-state index is 13.7. The molecule has 1 saturated heterocycles. The molecule has 7 rings (SSSR count). The first-order valence-electron chi connectivity index (χ1n) is 13.9. The van der Waals surface area contributed by atoms with Gasteiger partial charge in [-0.2, -0.15) is 0 Å². The summed E-state index contributed by atoms with van der Waals surface area (Å²) in [4.78, 5) is 28.2. The lowest BCUT2D eigenvalue weighted by Gasteiger charge is -2.59. The van der Waals surface area contributed by atoms with Crippen molar-refractivity contribution in [2.75, 3.05) is 36.4 Å². The minimum Gasteiger partial charge on any atom is -0.376 e. The Hall–Kier alpha value is -2.94. The zero-order valence-corrected chi connectivity index (χ0v) is 22.7. The van der Waals surface area contributed by atoms with E-state index in [4.69, 9.17) is 11.6 Å². The predicted octanol–water partition coefficient (Wildman–Crippen LogP) is 6.51. The monoisotopic (exact) mass is 558 g/mol. The van der Waals surface area contributed by atoms with E-state index in [1.165, 1.54) is 38.5 Å². The van der Waals surface area contributed by atoms with Gasteiger partial charge in [0, 0.05) is 44.0 Å². The van der Waals surface area contributed by atoms with Crippen molar-refractivity contribution in [3.05, 3.63) is 62.7 Å². The molecule has 4 bridgehead atoms. The molecule has 0 radical (unpaired) electrons. The fraction of sp³-hybridized carbons (Fsp3) is 0.552. The molecule has 1 heterocycles. The quantitative estimate of drug-likeness (QED) is 0.248. The van der Waals surface area contributed by atoms with Crippen LogP contribution in [0.15, 0.2) is 30.3 Å². The number of hydrogen-bond donors (Lipinski definition) is 1. The van der Waals surface area contributed by atoms with Crippen molar-refractivity contribution in [2.45, 2.75) is 51.5 Å². The zero-order valence-electron chi connectivity index (χ0n) is 22.0. The second-order valence-electron chi connectivity index (χ2n) is 12.1. The topological polar surface area (TPSA) is 78.7 Å². The molecule has 2 aromatic carbocycles. The van der Waals surface area contributed by atoms with Crippen LogP contribution in [0.3, 0.4) is 0 Å².